The molecule has 25 heavy (non-hydrogen) atoms. The fraction of sp³-hybridized carbons (Fsp3) is 0.533. The van der Waals surface area contributed by atoms with Gasteiger partial charge in [-0.15, -0.1) is 0 Å². The fourth-order valence-corrected chi connectivity index (χ4v) is 3.49. The maximum atomic E-state index is 12.1. The largest absolute Gasteiger partial charge is 0.387 e. The molecular formula is C15H19N3O7. The molecule has 0 spiro atoms. The number of nitrogens with one attached hydrogen (secondary N) is 1. The first-order valence-electron chi connectivity index (χ1n) is 7.69. The van der Waals surface area contributed by atoms with Crippen LogP contribution in [0.1, 0.15) is 13.8 Å². The van der Waals surface area contributed by atoms with Gasteiger partial charge in [0.25, 0.3) is 5.69 Å². The number of non-ortho nitro benzene ring substituents is 1. The molecule has 136 valence electrons. The number of nitro benzene ring substituents is 1. The van der Waals surface area contributed by atoms with Crippen LogP contribution >= 0.6 is 0 Å². The number of hydrogen-bond acceptors (Lipinski definition) is 8. The number of carbonyl (C=O) groups is 1. The molecule has 6 atom stereocenters. The summed E-state index contributed by atoms with van der Waals surface area (Å²) in [7, 11) is 0. The highest BCUT2D eigenvalue weighted by Crippen LogP contribution is 2.43. The van der Waals surface area contributed by atoms with Crippen molar-refractivity contribution in [3.05, 3.63) is 34.4 Å². The second kappa shape index (κ2) is 5.92. The number of fused-ring (bicyclic) bond motifs is 2. The number of nitro groups is 1. The predicted octanol–water partition coefficient (Wildman–Crippen LogP) is -0.607. The normalized spacial score (nSPS) is 37.0. The Morgan fingerprint density at radius 1 is 1.28 bits per heavy atom. The zero-order valence-corrected chi connectivity index (χ0v) is 13.6. The van der Waals surface area contributed by atoms with Crippen LogP contribution in [0, 0.1) is 10.1 Å². The van der Waals surface area contributed by atoms with Crippen molar-refractivity contribution in [1.29, 1.82) is 0 Å². The standard InChI is InChI=1S/C15H19N3O7/c1-7(19)17-14(16-8-3-5-9(6-4-8)18(23)24)12-10(20)11(21)13(22)15(17,2)25-12/h3-6,10-14,16,20-22H,1-2H3/t10-,11-,12+,13-,14-,15-/m0/s1. The molecule has 10 heteroatoms. The van der Waals surface area contributed by atoms with E-state index in [1.165, 1.54) is 43.0 Å². The lowest BCUT2D eigenvalue weighted by atomic mass is 9.94. The average molecular weight is 353 g/mol. The maximum absolute atomic E-state index is 12.1. The Bertz CT molecular complexity index is 697. The van der Waals surface area contributed by atoms with Crippen LogP contribution in [0.2, 0.25) is 0 Å². The van der Waals surface area contributed by atoms with Gasteiger partial charge in [0.1, 0.15) is 30.6 Å². The molecule has 1 aromatic carbocycles. The maximum Gasteiger partial charge on any atom is 0.269 e. The highest BCUT2D eigenvalue weighted by atomic mass is 16.6. The lowest BCUT2D eigenvalue weighted by Crippen LogP contribution is -2.62. The zero-order chi connectivity index (χ0) is 18.5. The number of hydrogen-bond donors (Lipinski definition) is 4. The summed E-state index contributed by atoms with van der Waals surface area (Å²) in [6.45, 7) is 2.74. The number of aliphatic hydroxyl groups excluding tert-OH is 3. The van der Waals surface area contributed by atoms with Gasteiger partial charge in [0.2, 0.25) is 5.91 Å². The summed E-state index contributed by atoms with van der Waals surface area (Å²) in [5.74, 6) is -0.426. The summed E-state index contributed by atoms with van der Waals surface area (Å²) in [4.78, 5) is 23.6. The molecule has 2 fully saturated rings. The summed E-state index contributed by atoms with van der Waals surface area (Å²) < 4.78 is 5.67. The Hall–Kier alpha value is -2.27. The Kier molecular flexibility index (Phi) is 4.15. The number of likely N-dealkylation sites (tertiary alicyclic amines) is 1. The van der Waals surface area contributed by atoms with Crippen LogP contribution in [0.5, 0.6) is 0 Å². The third-order valence-electron chi connectivity index (χ3n) is 4.73. The number of ether oxygens (including phenoxy) is 1. The SMILES string of the molecule is CC(=O)N1[C@H](Nc2ccc([N+](=O)[O-])cc2)[C@@H]2O[C@@]1(C)[C@@H](O)[C@@H](O)[C@@H]2O. The van der Waals surface area contributed by atoms with Gasteiger partial charge in [-0.05, 0) is 19.1 Å². The minimum absolute atomic E-state index is 0.0896. The van der Waals surface area contributed by atoms with Crippen molar-refractivity contribution in [3.63, 3.8) is 0 Å². The Balaban J connectivity index is 1.93. The number of nitrogens with zero attached hydrogens (tertiary/aromatic N) is 2. The quantitative estimate of drug-likeness (QED) is 0.416. The Labute approximate surface area is 142 Å². The highest BCUT2D eigenvalue weighted by Gasteiger charge is 2.64. The van der Waals surface area contributed by atoms with Crippen LogP contribution < -0.4 is 5.32 Å². The molecule has 2 bridgehead atoms. The van der Waals surface area contributed by atoms with Crippen LogP contribution in [0.25, 0.3) is 0 Å². The molecular weight excluding hydrogens is 334 g/mol. The smallest absolute Gasteiger partial charge is 0.269 e. The van der Waals surface area contributed by atoms with Gasteiger partial charge < -0.3 is 25.4 Å². The highest BCUT2D eigenvalue weighted by molar-refractivity contribution is 5.75. The first-order valence-corrected chi connectivity index (χ1v) is 7.69. The van der Waals surface area contributed by atoms with Crippen LogP contribution in [0.15, 0.2) is 24.3 Å². The number of benzene rings is 1. The van der Waals surface area contributed by atoms with Gasteiger partial charge in [-0.1, -0.05) is 0 Å². The van der Waals surface area contributed by atoms with Gasteiger partial charge in [-0.25, -0.2) is 0 Å². The van der Waals surface area contributed by atoms with E-state index in [2.05, 4.69) is 5.32 Å². The van der Waals surface area contributed by atoms with E-state index in [0.717, 1.165) is 0 Å². The second-order valence-electron chi connectivity index (χ2n) is 6.35. The van der Waals surface area contributed by atoms with Crippen LogP contribution in [0.4, 0.5) is 11.4 Å². The number of amides is 1. The Morgan fingerprint density at radius 2 is 1.88 bits per heavy atom. The first kappa shape index (κ1) is 17.5. The van der Waals surface area contributed by atoms with Crippen LogP contribution in [-0.2, 0) is 9.53 Å². The monoisotopic (exact) mass is 353 g/mol. The number of anilines is 1. The van der Waals surface area contributed by atoms with Gasteiger partial charge in [0.05, 0.1) is 4.92 Å². The van der Waals surface area contributed by atoms with E-state index in [-0.39, 0.29) is 5.69 Å². The molecule has 3 rings (SSSR count). The third-order valence-corrected chi connectivity index (χ3v) is 4.73. The van der Waals surface area contributed by atoms with Crippen LogP contribution in [0.3, 0.4) is 0 Å². The van der Waals surface area contributed by atoms with Gasteiger partial charge in [-0.3, -0.25) is 19.8 Å². The van der Waals surface area contributed by atoms with E-state index in [4.69, 9.17) is 4.74 Å². The minimum Gasteiger partial charge on any atom is -0.387 e. The molecule has 10 nitrogen and oxygen atoms in total. The molecule has 0 aromatic heterocycles. The molecule has 4 N–H and O–H groups in total. The lowest BCUT2D eigenvalue weighted by Gasteiger charge is -2.42. The van der Waals surface area contributed by atoms with Crippen molar-refractivity contribution in [2.45, 2.75) is 50.2 Å². The first-order chi connectivity index (χ1) is 11.7. The number of aliphatic hydroxyl groups is 3. The number of carbonyl (C=O) groups excluding carboxylic acids is 1. The van der Waals surface area contributed by atoms with Gasteiger partial charge >= 0.3 is 0 Å². The molecule has 2 aliphatic heterocycles. The van der Waals surface area contributed by atoms with E-state index < -0.39 is 47.1 Å². The summed E-state index contributed by atoms with van der Waals surface area (Å²) in [6, 6.07) is 5.51. The van der Waals surface area contributed by atoms with Crippen molar-refractivity contribution in [2.75, 3.05) is 5.32 Å². The molecule has 1 aromatic rings. The second-order valence-corrected chi connectivity index (χ2v) is 6.35. The van der Waals surface area contributed by atoms with E-state index in [1.807, 2.05) is 0 Å². The van der Waals surface area contributed by atoms with Crippen molar-refractivity contribution < 1.29 is 29.8 Å². The van der Waals surface area contributed by atoms with Crippen molar-refractivity contribution in [3.8, 4) is 0 Å². The van der Waals surface area contributed by atoms with Crippen molar-refractivity contribution in [2.24, 2.45) is 0 Å². The zero-order valence-electron chi connectivity index (χ0n) is 13.6. The van der Waals surface area contributed by atoms with E-state index in [1.54, 1.807) is 0 Å². The third kappa shape index (κ3) is 2.63. The average Bonchev–Trinajstić information content (AvgIpc) is 2.84. The number of rotatable bonds is 3. The summed E-state index contributed by atoms with van der Waals surface area (Å²) in [6.07, 6.45) is -6.24. The fourth-order valence-electron chi connectivity index (χ4n) is 3.49. The van der Waals surface area contributed by atoms with E-state index in [0.29, 0.717) is 5.69 Å². The summed E-state index contributed by atoms with van der Waals surface area (Å²) in [5.41, 5.74) is -1.14. The molecule has 0 saturated carbocycles. The Morgan fingerprint density at radius 3 is 2.40 bits per heavy atom. The summed E-state index contributed by atoms with van der Waals surface area (Å²) in [5, 5.41) is 44.2. The van der Waals surface area contributed by atoms with E-state index in [9.17, 15) is 30.2 Å². The predicted molar refractivity (Wildman–Crippen MR) is 84.3 cm³/mol. The van der Waals surface area contributed by atoms with Gasteiger partial charge in [-0.2, -0.15) is 0 Å². The molecule has 2 aliphatic rings. The van der Waals surface area contributed by atoms with Crippen molar-refractivity contribution >= 4 is 17.3 Å². The van der Waals surface area contributed by atoms with Gasteiger partial charge in [0, 0.05) is 24.7 Å². The lowest BCUT2D eigenvalue weighted by molar-refractivity contribution is -0.384. The summed E-state index contributed by atoms with van der Waals surface area (Å²) >= 11 is 0. The molecule has 0 unspecified atom stereocenters. The molecule has 2 saturated heterocycles. The molecule has 1 amide bonds. The van der Waals surface area contributed by atoms with Gasteiger partial charge in [0.15, 0.2) is 5.72 Å². The van der Waals surface area contributed by atoms with Crippen LogP contribution in [-0.4, -0.2) is 67.4 Å². The van der Waals surface area contributed by atoms with Crippen molar-refractivity contribution in [1.82, 2.24) is 4.90 Å². The topological polar surface area (TPSA) is 145 Å². The minimum atomic E-state index is -1.51. The van der Waals surface area contributed by atoms with E-state index >= 15 is 0 Å². The molecule has 0 aliphatic carbocycles. The molecule has 2 heterocycles. The molecule has 0 radical (unpaired) electrons.